The van der Waals surface area contributed by atoms with Crippen LogP contribution in [-0.4, -0.2) is 26.0 Å². The highest BCUT2D eigenvalue weighted by Gasteiger charge is 2.17. The van der Waals surface area contributed by atoms with Gasteiger partial charge in [-0.15, -0.1) is 0 Å². The molecule has 0 saturated heterocycles. The van der Waals surface area contributed by atoms with E-state index in [-0.39, 0.29) is 5.75 Å². The van der Waals surface area contributed by atoms with Crippen molar-refractivity contribution >= 4 is 16.9 Å². The van der Waals surface area contributed by atoms with Crippen molar-refractivity contribution in [1.29, 1.82) is 0 Å². The third-order valence-electron chi connectivity index (χ3n) is 2.86. The van der Waals surface area contributed by atoms with Crippen LogP contribution in [0.5, 0.6) is 5.75 Å². The number of hydrogen-bond acceptors (Lipinski definition) is 3. The summed E-state index contributed by atoms with van der Waals surface area (Å²) in [5.41, 5.74) is 1.59. The van der Waals surface area contributed by atoms with Gasteiger partial charge in [0, 0.05) is 24.5 Å². The molecule has 1 unspecified atom stereocenters. The molecule has 2 rings (SSSR count). The third-order valence-corrected chi connectivity index (χ3v) is 2.86. The molecule has 2 N–H and O–H groups in total. The lowest BCUT2D eigenvalue weighted by Crippen LogP contribution is -2.14. The minimum Gasteiger partial charge on any atom is -0.508 e. The predicted octanol–water partition coefficient (Wildman–Crippen LogP) is 1.54. The van der Waals surface area contributed by atoms with E-state index in [9.17, 15) is 9.90 Å². The Morgan fingerprint density at radius 3 is 2.88 bits per heavy atom. The summed E-state index contributed by atoms with van der Waals surface area (Å²) in [6.07, 6.45) is 0.395. The Balaban J connectivity index is 2.48. The van der Waals surface area contributed by atoms with Gasteiger partial charge in [0.1, 0.15) is 5.75 Å². The summed E-state index contributed by atoms with van der Waals surface area (Å²) in [7, 11) is 1.78. The van der Waals surface area contributed by atoms with Crippen LogP contribution in [0.3, 0.4) is 0 Å². The number of phenols is 1. The number of aliphatic carboxylic acids is 1. The number of carbonyl (C=O) groups is 1. The van der Waals surface area contributed by atoms with Gasteiger partial charge in [0.2, 0.25) is 0 Å². The van der Waals surface area contributed by atoms with E-state index >= 15 is 0 Å². The SMILES string of the molecule is CC(Cc1c2cc(O)ccc2nn1C)C(=O)O. The summed E-state index contributed by atoms with van der Waals surface area (Å²) in [5, 5.41) is 23.5. The maximum absolute atomic E-state index is 10.9. The average Bonchev–Trinajstić information content (AvgIpc) is 2.55. The minimum absolute atomic E-state index is 0.162. The molecule has 5 nitrogen and oxygen atoms in total. The van der Waals surface area contributed by atoms with E-state index in [1.165, 1.54) is 0 Å². The summed E-state index contributed by atoms with van der Waals surface area (Å²) in [5.74, 6) is -1.15. The molecule has 2 aromatic rings. The predicted molar refractivity (Wildman–Crippen MR) is 62.9 cm³/mol. The Hall–Kier alpha value is -2.04. The molecule has 1 heterocycles. The molecule has 0 spiro atoms. The summed E-state index contributed by atoms with van der Waals surface area (Å²) in [6.45, 7) is 1.66. The molecule has 1 aromatic carbocycles. The molecule has 90 valence electrons. The van der Waals surface area contributed by atoms with Gasteiger partial charge in [0.15, 0.2) is 0 Å². The Bertz CT molecular complexity index is 574. The van der Waals surface area contributed by atoms with Crippen molar-refractivity contribution in [1.82, 2.24) is 9.78 Å². The molecule has 1 atom stereocenters. The molecule has 0 radical (unpaired) electrons. The first-order valence-electron chi connectivity index (χ1n) is 5.36. The fourth-order valence-electron chi connectivity index (χ4n) is 1.86. The normalized spacial score (nSPS) is 12.8. The quantitative estimate of drug-likeness (QED) is 0.844. The molecule has 0 aliphatic carbocycles. The Labute approximate surface area is 98.3 Å². The first-order chi connectivity index (χ1) is 7.99. The molecular formula is C12H14N2O3. The van der Waals surface area contributed by atoms with Crippen LogP contribution in [0.2, 0.25) is 0 Å². The first kappa shape index (κ1) is 11.4. The van der Waals surface area contributed by atoms with Crippen molar-refractivity contribution in [2.45, 2.75) is 13.3 Å². The number of aromatic nitrogens is 2. The van der Waals surface area contributed by atoms with Crippen molar-refractivity contribution in [3.63, 3.8) is 0 Å². The lowest BCUT2D eigenvalue weighted by molar-refractivity contribution is -0.141. The van der Waals surface area contributed by atoms with Crippen LogP contribution >= 0.6 is 0 Å². The van der Waals surface area contributed by atoms with Crippen molar-refractivity contribution in [2.75, 3.05) is 0 Å². The molecule has 0 amide bonds. The van der Waals surface area contributed by atoms with Gasteiger partial charge in [-0.05, 0) is 18.2 Å². The van der Waals surface area contributed by atoms with E-state index < -0.39 is 11.9 Å². The largest absolute Gasteiger partial charge is 0.508 e. The number of carboxylic acids is 1. The van der Waals surface area contributed by atoms with Crippen molar-refractivity contribution < 1.29 is 15.0 Å². The third kappa shape index (κ3) is 2.08. The number of aryl methyl sites for hydroxylation is 1. The van der Waals surface area contributed by atoms with Crippen LogP contribution in [-0.2, 0) is 18.3 Å². The number of rotatable bonds is 3. The molecule has 0 fully saturated rings. The first-order valence-corrected chi connectivity index (χ1v) is 5.36. The lowest BCUT2D eigenvalue weighted by atomic mass is 10.0. The second kappa shape index (κ2) is 4.08. The zero-order chi connectivity index (χ0) is 12.6. The molecular weight excluding hydrogens is 220 g/mol. The zero-order valence-corrected chi connectivity index (χ0v) is 9.71. The standard InChI is InChI=1S/C12H14N2O3/c1-7(12(16)17)5-11-9-6-8(15)3-4-10(9)13-14(11)2/h3-4,6-7,15H,5H2,1-2H3,(H,16,17). The van der Waals surface area contributed by atoms with Gasteiger partial charge >= 0.3 is 5.97 Å². The Morgan fingerprint density at radius 1 is 1.53 bits per heavy atom. The number of carboxylic acid groups (broad SMARTS) is 1. The average molecular weight is 234 g/mol. The minimum atomic E-state index is -0.834. The topological polar surface area (TPSA) is 75.4 Å². The van der Waals surface area contributed by atoms with Crippen LogP contribution < -0.4 is 0 Å². The zero-order valence-electron chi connectivity index (χ0n) is 9.71. The van der Waals surface area contributed by atoms with Crippen LogP contribution in [0, 0.1) is 5.92 Å². The van der Waals surface area contributed by atoms with E-state index in [1.54, 1.807) is 36.9 Å². The smallest absolute Gasteiger partial charge is 0.306 e. The second-order valence-corrected chi connectivity index (χ2v) is 4.22. The van der Waals surface area contributed by atoms with E-state index in [2.05, 4.69) is 5.10 Å². The maximum Gasteiger partial charge on any atom is 0.306 e. The highest BCUT2D eigenvalue weighted by molar-refractivity contribution is 5.83. The van der Waals surface area contributed by atoms with Crippen LogP contribution in [0.4, 0.5) is 0 Å². The maximum atomic E-state index is 10.9. The van der Waals surface area contributed by atoms with Gasteiger partial charge in [-0.25, -0.2) is 0 Å². The van der Waals surface area contributed by atoms with Crippen LogP contribution in [0.15, 0.2) is 18.2 Å². The van der Waals surface area contributed by atoms with Gasteiger partial charge in [-0.3, -0.25) is 9.48 Å². The summed E-state index contributed by atoms with van der Waals surface area (Å²) in [4.78, 5) is 10.9. The van der Waals surface area contributed by atoms with E-state index in [4.69, 9.17) is 5.11 Å². The highest BCUT2D eigenvalue weighted by Crippen LogP contribution is 2.24. The van der Waals surface area contributed by atoms with E-state index in [0.717, 1.165) is 16.6 Å². The molecule has 0 aliphatic rings. The van der Waals surface area contributed by atoms with E-state index in [0.29, 0.717) is 6.42 Å². The Morgan fingerprint density at radius 2 is 2.24 bits per heavy atom. The second-order valence-electron chi connectivity index (χ2n) is 4.22. The van der Waals surface area contributed by atoms with Crippen molar-refractivity contribution in [3.8, 4) is 5.75 Å². The number of fused-ring (bicyclic) bond motifs is 1. The van der Waals surface area contributed by atoms with E-state index in [1.807, 2.05) is 0 Å². The summed E-state index contributed by atoms with van der Waals surface area (Å²) >= 11 is 0. The fraction of sp³-hybridized carbons (Fsp3) is 0.333. The molecule has 17 heavy (non-hydrogen) atoms. The molecule has 1 aromatic heterocycles. The van der Waals surface area contributed by atoms with Gasteiger partial charge < -0.3 is 10.2 Å². The highest BCUT2D eigenvalue weighted by atomic mass is 16.4. The monoisotopic (exact) mass is 234 g/mol. The molecule has 0 aliphatic heterocycles. The summed E-state index contributed by atoms with van der Waals surface area (Å²) in [6, 6.07) is 4.91. The fourth-order valence-corrected chi connectivity index (χ4v) is 1.86. The van der Waals surface area contributed by atoms with Gasteiger partial charge in [-0.1, -0.05) is 6.92 Å². The Kier molecular flexibility index (Phi) is 2.75. The van der Waals surface area contributed by atoms with Crippen molar-refractivity contribution in [2.24, 2.45) is 13.0 Å². The molecule has 5 heteroatoms. The van der Waals surface area contributed by atoms with Gasteiger partial charge in [0.25, 0.3) is 0 Å². The lowest BCUT2D eigenvalue weighted by Gasteiger charge is -2.06. The van der Waals surface area contributed by atoms with Gasteiger partial charge in [-0.2, -0.15) is 5.10 Å². The van der Waals surface area contributed by atoms with Gasteiger partial charge in [0.05, 0.1) is 11.4 Å². The summed E-state index contributed by atoms with van der Waals surface area (Å²) < 4.78 is 1.67. The number of phenolic OH excluding ortho intramolecular Hbond substituents is 1. The number of nitrogens with zero attached hydrogens (tertiary/aromatic N) is 2. The molecule has 0 saturated carbocycles. The van der Waals surface area contributed by atoms with Crippen molar-refractivity contribution in [3.05, 3.63) is 23.9 Å². The number of aromatic hydroxyl groups is 1. The number of hydrogen-bond donors (Lipinski definition) is 2. The van der Waals surface area contributed by atoms with Crippen LogP contribution in [0.25, 0.3) is 10.9 Å². The van der Waals surface area contributed by atoms with Crippen LogP contribution in [0.1, 0.15) is 12.6 Å². The molecule has 0 bridgehead atoms. The number of benzene rings is 1.